The van der Waals surface area contributed by atoms with Crippen molar-refractivity contribution in [3.63, 3.8) is 0 Å². The van der Waals surface area contributed by atoms with E-state index in [1.54, 1.807) is 4.90 Å². The first-order valence-corrected chi connectivity index (χ1v) is 7.29. The molecule has 0 aliphatic heterocycles. The third-order valence-electron chi connectivity index (χ3n) is 2.68. The molecule has 0 saturated carbocycles. The highest BCUT2D eigenvalue weighted by molar-refractivity contribution is 6.62. The lowest BCUT2D eigenvalue weighted by molar-refractivity contribution is 0.0174. The van der Waals surface area contributed by atoms with Gasteiger partial charge in [-0.25, -0.2) is 4.79 Å². The van der Waals surface area contributed by atoms with Crippen molar-refractivity contribution in [2.24, 2.45) is 0 Å². The van der Waals surface area contributed by atoms with Crippen LogP contribution in [0.3, 0.4) is 0 Å². The van der Waals surface area contributed by atoms with Gasteiger partial charge in [0.15, 0.2) is 0 Å². The molecule has 0 N–H and O–H groups in total. The Balaban J connectivity index is 4.71. The Morgan fingerprint density at radius 3 is 1.70 bits per heavy atom. The van der Waals surface area contributed by atoms with Gasteiger partial charge in [0.05, 0.1) is 0 Å². The zero-order valence-electron chi connectivity index (χ0n) is 13.6. The second kappa shape index (κ2) is 7.72. The minimum Gasteiger partial charge on any atom is -0.444 e. The van der Waals surface area contributed by atoms with E-state index in [9.17, 15) is 9.59 Å². The van der Waals surface area contributed by atoms with Gasteiger partial charge in [-0.3, -0.25) is 4.79 Å². The highest BCUT2D eigenvalue weighted by Gasteiger charge is 2.25. The van der Waals surface area contributed by atoms with Gasteiger partial charge >= 0.3 is 11.5 Å². The molecule has 0 aromatic carbocycles. The quantitative estimate of drug-likeness (QED) is 0.575. The lowest BCUT2D eigenvalue weighted by Crippen LogP contribution is -2.46. The van der Waals surface area contributed by atoms with E-state index in [1.807, 2.05) is 48.5 Å². The summed E-state index contributed by atoms with van der Waals surface area (Å²) < 4.78 is 5.36. The Kier molecular flexibility index (Phi) is 7.34. The number of hydrogen-bond donors (Lipinski definition) is 0. The molecule has 0 heterocycles. The predicted octanol–water partition coefficient (Wildman–Crippen LogP) is 3.70. The number of hydrogen-bond acceptors (Lipinski definition) is 3. The van der Waals surface area contributed by atoms with Gasteiger partial charge < -0.3 is 14.5 Å². The number of amides is 2. The molecule has 5 nitrogen and oxygen atoms in total. The Hall–Kier alpha value is -0.970. The van der Waals surface area contributed by atoms with Crippen LogP contribution in [-0.4, -0.2) is 52.0 Å². The Labute approximate surface area is 127 Å². The van der Waals surface area contributed by atoms with E-state index in [1.165, 1.54) is 4.90 Å². The van der Waals surface area contributed by atoms with Crippen LogP contribution in [0.15, 0.2) is 0 Å². The summed E-state index contributed by atoms with van der Waals surface area (Å²) in [5, 5.41) is -0.507. The van der Waals surface area contributed by atoms with Crippen molar-refractivity contribution >= 4 is 23.1 Å². The molecule has 20 heavy (non-hydrogen) atoms. The minimum absolute atomic E-state index is 0.00681. The van der Waals surface area contributed by atoms with Crippen LogP contribution in [0.5, 0.6) is 0 Å². The van der Waals surface area contributed by atoms with E-state index in [4.69, 9.17) is 16.3 Å². The largest absolute Gasteiger partial charge is 0.444 e. The summed E-state index contributed by atoms with van der Waals surface area (Å²) >= 11 is 5.54. The van der Waals surface area contributed by atoms with Gasteiger partial charge in [-0.1, -0.05) is 0 Å². The predicted molar refractivity (Wildman–Crippen MR) is 81.2 cm³/mol. The number of rotatable bonds is 5. The molecule has 0 aromatic rings. The van der Waals surface area contributed by atoms with Gasteiger partial charge in [0.1, 0.15) is 5.60 Å². The first kappa shape index (κ1) is 19.0. The lowest BCUT2D eigenvalue weighted by atomic mass is 10.2. The molecular formula is C14H27ClN2O3. The fourth-order valence-corrected chi connectivity index (χ4v) is 1.93. The minimum atomic E-state index is -0.537. The summed E-state index contributed by atoms with van der Waals surface area (Å²) in [7, 11) is 0. The highest BCUT2D eigenvalue weighted by atomic mass is 35.5. The fourth-order valence-electron chi connectivity index (χ4n) is 1.65. The molecule has 0 aliphatic rings. The van der Waals surface area contributed by atoms with Crippen molar-refractivity contribution in [3.05, 3.63) is 0 Å². The van der Waals surface area contributed by atoms with Crippen LogP contribution >= 0.6 is 11.6 Å². The average Bonchev–Trinajstić information content (AvgIpc) is 2.19. The first-order chi connectivity index (χ1) is 8.95. The molecule has 0 bridgehead atoms. The second-order valence-electron chi connectivity index (χ2n) is 6.31. The molecule has 2 amide bonds. The SMILES string of the molecule is CC(C)N(CCN(C(=O)OC(C)(C)C)C(C)C)C(=O)Cl. The van der Waals surface area contributed by atoms with Crippen LogP contribution < -0.4 is 0 Å². The topological polar surface area (TPSA) is 49.9 Å². The summed E-state index contributed by atoms with van der Waals surface area (Å²) in [6.45, 7) is 13.8. The summed E-state index contributed by atoms with van der Waals surface area (Å²) in [4.78, 5) is 26.6. The van der Waals surface area contributed by atoms with Crippen molar-refractivity contribution in [1.29, 1.82) is 0 Å². The molecule has 0 aromatic heterocycles. The zero-order chi connectivity index (χ0) is 16.1. The van der Waals surface area contributed by atoms with E-state index in [-0.39, 0.29) is 18.2 Å². The number of nitrogens with zero attached hydrogens (tertiary/aromatic N) is 2. The summed E-state index contributed by atoms with van der Waals surface area (Å²) in [5.74, 6) is 0. The fraction of sp³-hybridized carbons (Fsp3) is 0.857. The van der Waals surface area contributed by atoms with Crippen molar-refractivity contribution in [1.82, 2.24) is 9.80 Å². The molecule has 0 radical (unpaired) electrons. The maximum Gasteiger partial charge on any atom is 0.410 e. The second-order valence-corrected chi connectivity index (χ2v) is 6.63. The van der Waals surface area contributed by atoms with Crippen LogP contribution in [0.2, 0.25) is 0 Å². The Bertz CT molecular complexity index is 338. The third kappa shape index (κ3) is 6.98. The molecular weight excluding hydrogens is 280 g/mol. The summed E-state index contributed by atoms with van der Waals surface area (Å²) in [5.41, 5.74) is -0.537. The molecule has 0 saturated heterocycles. The van der Waals surface area contributed by atoms with E-state index in [0.717, 1.165) is 0 Å². The number of carbonyl (C=O) groups excluding carboxylic acids is 2. The van der Waals surface area contributed by atoms with Crippen LogP contribution in [0.4, 0.5) is 9.59 Å². The van der Waals surface area contributed by atoms with Crippen molar-refractivity contribution < 1.29 is 14.3 Å². The monoisotopic (exact) mass is 306 g/mol. The van der Waals surface area contributed by atoms with E-state index < -0.39 is 11.0 Å². The van der Waals surface area contributed by atoms with Crippen molar-refractivity contribution in [2.75, 3.05) is 13.1 Å². The van der Waals surface area contributed by atoms with Crippen LogP contribution in [0.25, 0.3) is 0 Å². The van der Waals surface area contributed by atoms with E-state index in [2.05, 4.69) is 0 Å². The first-order valence-electron chi connectivity index (χ1n) is 6.91. The van der Waals surface area contributed by atoms with Crippen molar-refractivity contribution in [3.8, 4) is 0 Å². The van der Waals surface area contributed by atoms with E-state index >= 15 is 0 Å². The smallest absolute Gasteiger partial charge is 0.410 e. The van der Waals surface area contributed by atoms with E-state index in [0.29, 0.717) is 13.1 Å². The zero-order valence-corrected chi connectivity index (χ0v) is 14.3. The van der Waals surface area contributed by atoms with Gasteiger partial charge in [-0.05, 0) is 60.1 Å². The van der Waals surface area contributed by atoms with Crippen LogP contribution in [-0.2, 0) is 4.74 Å². The molecule has 0 atom stereocenters. The molecule has 0 unspecified atom stereocenters. The maximum absolute atomic E-state index is 12.1. The number of carbonyl (C=O) groups is 2. The van der Waals surface area contributed by atoms with Gasteiger partial charge in [0.25, 0.3) is 0 Å². The normalized spacial score (nSPS) is 11.7. The highest BCUT2D eigenvalue weighted by Crippen LogP contribution is 2.13. The molecule has 0 rings (SSSR count). The van der Waals surface area contributed by atoms with Crippen LogP contribution in [0.1, 0.15) is 48.5 Å². The Morgan fingerprint density at radius 2 is 1.40 bits per heavy atom. The molecule has 0 spiro atoms. The molecule has 118 valence electrons. The Morgan fingerprint density at radius 1 is 1.00 bits per heavy atom. The van der Waals surface area contributed by atoms with Gasteiger partial charge in [0.2, 0.25) is 0 Å². The van der Waals surface area contributed by atoms with Gasteiger partial charge in [0, 0.05) is 25.2 Å². The molecule has 0 aliphatic carbocycles. The summed E-state index contributed by atoms with van der Waals surface area (Å²) in [6.07, 6.45) is -0.377. The third-order valence-corrected chi connectivity index (χ3v) is 2.90. The van der Waals surface area contributed by atoms with Crippen LogP contribution in [0, 0.1) is 0 Å². The van der Waals surface area contributed by atoms with Gasteiger partial charge in [-0.2, -0.15) is 0 Å². The summed E-state index contributed by atoms with van der Waals surface area (Å²) in [6, 6.07) is -0.0167. The van der Waals surface area contributed by atoms with Gasteiger partial charge in [-0.15, -0.1) is 0 Å². The number of halogens is 1. The molecule has 6 heteroatoms. The van der Waals surface area contributed by atoms with Crippen molar-refractivity contribution in [2.45, 2.75) is 66.2 Å². The lowest BCUT2D eigenvalue weighted by Gasteiger charge is -2.32. The number of ether oxygens (including phenoxy) is 1. The standard InChI is InChI=1S/C14H27ClN2O3/c1-10(2)16(12(15)18)8-9-17(11(3)4)13(19)20-14(5,6)7/h10-11H,8-9H2,1-7H3. The average molecular weight is 307 g/mol. The molecule has 0 fully saturated rings. The maximum atomic E-state index is 12.1.